The molecule has 0 aliphatic carbocycles. The van der Waals surface area contributed by atoms with Crippen LogP contribution < -0.4 is 4.90 Å². The molecule has 0 saturated heterocycles. The van der Waals surface area contributed by atoms with Crippen LogP contribution in [0, 0.1) is 0 Å². The molecule has 0 amide bonds. The first-order valence-electron chi connectivity index (χ1n) is 7.80. The number of nitrogens with zero attached hydrogens (tertiary/aromatic N) is 3. The summed E-state index contributed by atoms with van der Waals surface area (Å²) in [6.45, 7) is 1.86. The van der Waals surface area contributed by atoms with Crippen molar-refractivity contribution in [3.63, 3.8) is 0 Å². The molecule has 0 unspecified atom stereocenters. The van der Waals surface area contributed by atoms with Crippen molar-refractivity contribution in [2.45, 2.75) is 24.3 Å². The summed E-state index contributed by atoms with van der Waals surface area (Å²) in [5, 5.41) is 4.30. The van der Waals surface area contributed by atoms with Gasteiger partial charge in [0, 0.05) is 31.9 Å². The molecular formula is C18H21N3O2S. The van der Waals surface area contributed by atoms with Gasteiger partial charge in [-0.3, -0.25) is 0 Å². The van der Waals surface area contributed by atoms with E-state index < -0.39 is 10.0 Å². The lowest BCUT2D eigenvalue weighted by Crippen LogP contribution is -2.27. The quantitative estimate of drug-likeness (QED) is 0.856. The highest BCUT2D eigenvalue weighted by Gasteiger charge is 2.35. The van der Waals surface area contributed by atoms with E-state index in [2.05, 4.69) is 5.10 Å². The zero-order chi connectivity index (χ0) is 17.3. The Bertz CT molecular complexity index is 844. The highest BCUT2D eigenvalue weighted by molar-refractivity contribution is 7.89. The van der Waals surface area contributed by atoms with E-state index in [1.165, 1.54) is 4.41 Å². The van der Waals surface area contributed by atoms with E-state index in [1.807, 2.05) is 50.2 Å². The summed E-state index contributed by atoms with van der Waals surface area (Å²) < 4.78 is 27.2. The smallest absolute Gasteiger partial charge is 0.279 e. The molecule has 0 spiro atoms. The molecule has 0 bridgehead atoms. The maximum Gasteiger partial charge on any atom is 0.279 e. The first-order valence-corrected chi connectivity index (χ1v) is 9.24. The van der Waals surface area contributed by atoms with Crippen molar-refractivity contribution in [3.8, 4) is 0 Å². The summed E-state index contributed by atoms with van der Waals surface area (Å²) in [6.07, 6.45) is 0.605. The zero-order valence-electron chi connectivity index (χ0n) is 14.0. The van der Waals surface area contributed by atoms with Gasteiger partial charge in [-0.05, 0) is 36.8 Å². The Morgan fingerprint density at radius 2 is 1.67 bits per heavy atom. The Balaban J connectivity index is 1.97. The summed E-state index contributed by atoms with van der Waals surface area (Å²) in [6, 6.07) is 16.1. The Kier molecular flexibility index (Phi) is 4.32. The molecule has 5 nitrogen and oxygen atoms in total. The van der Waals surface area contributed by atoms with Crippen molar-refractivity contribution in [3.05, 3.63) is 60.2 Å². The predicted molar refractivity (Wildman–Crippen MR) is 96.7 cm³/mol. The van der Waals surface area contributed by atoms with E-state index >= 15 is 0 Å². The van der Waals surface area contributed by atoms with Crippen LogP contribution in [-0.2, 0) is 10.0 Å². The van der Waals surface area contributed by atoms with Gasteiger partial charge in [-0.1, -0.05) is 30.3 Å². The van der Waals surface area contributed by atoms with E-state index in [9.17, 15) is 8.42 Å². The fourth-order valence-electron chi connectivity index (χ4n) is 2.80. The molecule has 1 atom stereocenters. The molecule has 0 radical (unpaired) electrons. The van der Waals surface area contributed by atoms with Crippen LogP contribution >= 0.6 is 0 Å². The van der Waals surface area contributed by atoms with Gasteiger partial charge >= 0.3 is 0 Å². The van der Waals surface area contributed by atoms with Gasteiger partial charge < -0.3 is 4.90 Å². The monoisotopic (exact) mass is 343 g/mol. The maximum atomic E-state index is 12.9. The number of hydrazone groups is 1. The van der Waals surface area contributed by atoms with E-state index in [4.69, 9.17) is 0 Å². The van der Waals surface area contributed by atoms with Crippen LogP contribution in [0.25, 0.3) is 0 Å². The molecule has 1 aliphatic rings. The third kappa shape index (κ3) is 3.01. The Morgan fingerprint density at radius 3 is 2.25 bits per heavy atom. The van der Waals surface area contributed by atoms with Gasteiger partial charge in [-0.15, -0.1) is 0 Å². The normalized spacial score (nSPS) is 17.7. The lowest BCUT2D eigenvalue weighted by atomic mass is 10.0. The third-order valence-electron chi connectivity index (χ3n) is 4.11. The molecule has 6 heteroatoms. The van der Waals surface area contributed by atoms with Crippen LogP contribution in [0.15, 0.2) is 64.6 Å². The SMILES string of the molecule is CC1=NN(S(=O)(=O)c2ccccc2)[C@@H](c2ccc(N(C)C)cc2)C1. The van der Waals surface area contributed by atoms with Gasteiger partial charge in [0.1, 0.15) is 0 Å². The zero-order valence-corrected chi connectivity index (χ0v) is 14.9. The molecule has 2 aromatic rings. The van der Waals surface area contributed by atoms with Crippen molar-refractivity contribution in [2.75, 3.05) is 19.0 Å². The Labute approximate surface area is 143 Å². The molecule has 2 aromatic carbocycles. The molecule has 0 fully saturated rings. The van der Waals surface area contributed by atoms with Crippen LogP contribution in [0.2, 0.25) is 0 Å². The fourth-order valence-corrected chi connectivity index (χ4v) is 4.29. The third-order valence-corrected chi connectivity index (χ3v) is 5.80. The maximum absolute atomic E-state index is 12.9. The second-order valence-corrected chi connectivity index (χ2v) is 7.93. The molecule has 3 rings (SSSR count). The summed E-state index contributed by atoms with van der Waals surface area (Å²) in [7, 11) is 0.292. The van der Waals surface area contributed by atoms with E-state index in [1.54, 1.807) is 30.3 Å². The number of hydrogen-bond donors (Lipinski definition) is 0. The lowest BCUT2D eigenvalue weighted by molar-refractivity contribution is 0.371. The van der Waals surface area contributed by atoms with Crippen LogP contribution in [0.1, 0.15) is 24.9 Å². The minimum absolute atomic E-state index is 0.262. The van der Waals surface area contributed by atoms with E-state index in [-0.39, 0.29) is 10.9 Å². The van der Waals surface area contributed by atoms with Crippen LogP contribution in [0.3, 0.4) is 0 Å². The molecule has 0 aromatic heterocycles. The van der Waals surface area contributed by atoms with Crippen LogP contribution in [0.5, 0.6) is 0 Å². The van der Waals surface area contributed by atoms with E-state index in [0.717, 1.165) is 17.0 Å². The van der Waals surface area contributed by atoms with Crippen molar-refractivity contribution in [2.24, 2.45) is 5.10 Å². The van der Waals surface area contributed by atoms with E-state index in [0.29, 0.717) is 6.42 Å². The minimum atomic E-state index is -3.66. The van der Waals surface area contributed by atoms with Gasteiger partial charge in [0.05, 0.1) is 10.9 Å². The predicted octanol–water partition coefficient (Wildman–Crippen LogP) is 3.26. The van der Waals surface area contributed by atoms with Gasteiger partial charge in [0.25, 0.3) is 10.0 Å². The number of benzene rings is 2. The van der Waals surface area contributed by atoms with Crippen molar-refractivity contribution >= 4 is 21.4 Å². The van der Waals surface area contributed by atoms with Crippen molar-refractivity contribution in [1.82, 2.24) is 4.41 Å². The topological polar surface area (TPSA) is 53.0 Å². The fraction of sp³-hybridized carbons (Fsp3) is 0.278. The van der Waals surface area contributed by atoms with Crippen molar-refractivity contribution in [1.29, 1.82) is 0 Å². The highest BCUT2D eigenvalue weighted by Crippen LogP contribution is 2.36. The highest BCUT2D eigenvalue weighted by atomic mass is 32.2. The van der Waals surface area contributed by atoms with Crippen molar-refractivity contribution < 1.29 is 8.42 Å². The summed E-state index contributed by atoms with van der Waals surface area (Å²) in [5.74, 6) is 0. The number of anilines is 1. The number of rotatable bonds is 4. The molecule has 1 heterocycles. The lowest BCUT2D eigenvalue weighted by Gasteiger charge is -2.24. The largest absolute Gasteiger partial charge is 0.378 e. The van der Waals surface area contributed by atoms with Crippen LogP contribution in [0.4, 0.5) is 5.69 Å². The van der Waals surface area contributed by atoms with Gasteiger partial charge in [-0.25, -0.2) is 0 Å². The Morgan fingerprint density at radius 1 is 1.04 bits per heavy atom. The molecule has 24 heavy (non-hydrogen) atoms. The van der Waals surface area contributed by atoms with Gasteiger partial charge in [-0.2, -0.15) is 17.9 Å². The molecular weight excluding hydrogens is 322 g/mol. The number of sulfonamides is 1. The second kappa shape index (κ2) is 6.28. The average Bonchev–Trinajstić information content (AvgIpc) is 2.98. The summed E-state index contributed by atoms with van der Waals surface area (Å²) >= 11 is 0. The number of hydrogen-bond acceptors (Lipinski definition) is 4. The van der Waals surface area contributed by atoms with Gasteiger partial charge in [0.15, 0.2) is 0 Å². The van der Waals surface area contributed by atoms with Gasteiger partial charge in [0.2, 0.25) is 0 Å². The molecule has 0 N–H and O–H groups in total. The first kappa shape index (κ1) is 16.5. The molecule has 1 aliphatic heterocycles. The standard InChI is InChI=1S/C18H21N3O2S/c1-14-13-18(15-9-11-16(12-10-15)20(2)3)21(19-14)24(22,23)17-7-5-4-6-8-17/h4-12,18H,13H2,1-3H3/t18-/m1/s1. The summed E-state index contributed by atoms with van der Waals surface area (Å²) in [5.41, 5.74) is 2.84. The molecule has 0 saturated carbocycles. The first-order chi connectivity index (χ1) is 11.4. The second-order valence-electron chi connectivity index (χ2n) is 6.13. The Hall–Kier alpha value is -2.34. The van der Waals surface area contributed by atoms with Crippen LogP contribution in [-0.4, -0.2) is 32.6 Å². The average molecular weight is 343 g/mol. The minimum Gasteiger partial charge on any atom is -0.378 e. The summed E-state index contributed by atoms with van der Waals surface area (Å²) in [4.78, 5) is 2.27. The molecule has 126 valence electrons.